The van der Waals surface area contributed by atoms with Gasteiger partial charge in [0.25, 0.3) is 0 Å². The fraction of sp³-hybridized carbons (Fsp3) is 0.182. The highest BCUT2D eigenvalue weighted by atomic mass is 16.5. The van der Waals surface area contributed by atoms with Crippen LogP contribution in [0.15, 0.2) is 77.9 Å². The Hall–Kier alpha value is -3.14. The van der Waals surface area contributed by atoms with Crippen molar-refractivity contribution in [1.82, 2.24) is 4.98 Å². The number of hydrogen-bond acceptors (Lipinski definition) is 4. The van der Waals surface area contributed by atoms with Crippen molar-refractivity contribution < 1.29 is 4.74 Å². The van der Waals surface area contributed by atoms with Gasteiger partial charge in [-0.2, -0.15) is 0 Å². The first-order valence-electron chi connectivity index (χ1n) is 8.71. The fourth-order valence-electron chi connectivity index (χ4n) is 2.68. The van der Waals surface area contributed by atoms with Crippen LogP contribution >= 0.6 is 0 Å². The van der Waals surface area contributed by atoms with E-state index >= 15 is 0 Å². The molecular weight excluding hydrogens is 322 g/mol. The molecule has 0 saturated carbocycles. The Morgan fingerprint density at radius 3 is 2.38 bits per heavy atom. The summed E-state index contributed by atoms with van der Waals surface area (Å²) in [6.45, 7) is 4.04. The van der Waals surface area contributed by atoms with E-state index in [2.05, 4.69) is 70.3 Å². The summed E-state index contributed by atoms with van der Waals surface area (Å²) in [5, 5.41) is 0. The zero-order valence-electron chi connectivity index (χ0n) is 15.2. The Labute approximate surface area is 154 Å². The second-order valence-electron chi connectivity index (χ2n) is 5.91. The van der Waals surface area contributed by atoms with Crippen molar-refractivity contribution in [2.24, 2.45) is 4.99 Å². The normalized spacial score (nSPS) is 10.8. The largest absolute Gasteiger partial charge is 0.481 e. The van der Waals surface area contributed by atoms with E-state index < -0.39 is 0 Å². The van der Waals surface area contributed by atoms with E-state index in [1.807, 2.05) is 18.3 Å². The van der Waals surface area contributed by atoms with Gasteiger partial charge in [-0.15, -0.1) is 0 Å². The van der Waals surface area contributed by atoms with Gasteiger partial charge < -0.3 is 9.64 Å². The average Bonchev–Trinajstić information content (AvgIpc) is 2.72. The van der Waals surface area contributed by atoms with E-state index in [0.717, 1.165) is 24.3 Å². The molecule has 0 radical (unpaired) electrons. The van der Waals surface area contributed by atoms with Gasteiger partial charge in [-0.1, -0.05) is 42.5 Å². The van der Waals surface area contributed by atoms with Gasteiger partial charge in [-0.3, -0.25) is 4.99 Å². The third-order valence-electron chi connectivity index (χ3n) is 4.15. The molecule has 26 heavy (non-hydrogen) atoms. The lowest BCUT2D eigenvalue weighted by Gasteiger charge is -2.23. The molecule has 0 amide bonds. The van der Waals surface area contributed by atoms with Gasteiger partial charge in [-0.05, 0) is 36.2 Å². The summed E-state index contributed by atoms with van der Waals surface area (Å²) in [7, 11) is 1.60. The molecule has 4 heteroatoms. The molecule has 4 nitrogen and oxygen atoms in total. The number of hydrogen-bond donors (Lipinski definition) is 0. The molecule has 0 spiro atoms. The summed E-state index contributed by atoms with van der Waals surface area (Å²) < 4.78 is 5.05. The first kappa shape index (κ1) is 17.7. The van der Waals surface area contributed by atoms with Gasteiger partial charge in [0.2, 0.25) is 5.88 Å². The maximum atomic E-state index is 5.05. The summed E-state index contributed by atoms with van der Waals surface area (Å²) >= 11 is 0. The van der Waals surface area contributed by atoms with Crippen molar-refractivity contribution in [2.45, 2.75) is 13.5 Å². The number of pyridine rings is 1. The van der Waals surface area contributed by atoms with Crippen molar-refractivity contribution in [3.63, 3.8) is 0 Å². The molecule has 2 aromatic carbocycles. The zero-order valence-corrected chi connectivity index (χ0v) is 15.2. The number of nitrogens with zero attached hydrogens (tertiary/aromatic N) is 3. The molecule has 3 aromatic rings. The number of methoxy groups -OCH3 is 1. The molecule has 0 saturated heterocycles. The van der Waals surface area contributed by atoms with Crippen LogP contribution < -0.4 is 9.64 Å². The second-order valence-corrected chi connectivity index (χ2v) is 5.91. The second kappa shape index (κ2) is 8.81. The summed E-state index contributed by atoms with van der Waals surface area (Å²) in [6.07, 6.45) is 3.54. The lowest BCUT2D eigenvalue weighted by molar-refractivity contribution is 0.398. The minimum atomic E-state index is 0.589. The summed E-state index contributed by atoms with van der Waals surface area (Å²) in [5.74, 6) is 0.589. The van der Waals surface area contributed by atoms with Crippen LogP contribution in [0.2, 0.25) is 0 Å². The molecule has 0 aliphatic rings. The number of ether oxygens (including phenoxy) is 1. The number of aromatic nitrogens is 1. The van der Waals surface area contributed by atoms with E-state index in [4.69, 9.17) is 4.74 Å². The maximum absolute atomic E-state index is 5.05. The van der Waals surface area contributed by atoms with E-state index in [1.165, 1.54) is 11.3 Å². The van der Waals surface area contributed by atoms with Crippen LogP contribution in [-0.2, 0) is 6.54 Å². The molecule has 1 heterocycles. The third-order valence-corrected chi connectivity index (χ3v) is 4.15. The standard InChI is InChI=1S/C22H23N3O/c1-3-25(17-19-7-5-4-6-8-19)21-12-9-18(10-13-21)15-23-20-11-14-22(26-2)24-16-20/h4-16H,3,17H2,1-2H3. The van der Waals surface area contributed by atoms with Gasteiger partial charge in [-0.25, -0.2) is 4.98 Å². The molecule has 3 rings (SSSR count). The molecule has 0 aliphatic heterocycles. The van der Waals surface area contributed by atoms with Crippen LogP contribution in [-0.4, -0.2) is 24.9 Å². The summed E-state index contributed by atoms with van der Waals surface area (Å²) in [6, 6.07) is 22.7. The molecule has 132 valence electrons. The van der Waals surface area contributed by atoms with Gasteiger partial charge in [0.05, 0.1) is 19.0 Å². The minimum absolute atomic E-state index is 0.589. The van der Waals surface area contributed by atoms with Crippen molar-refractivity contribution in [2.75, 3.05) is 18.6 Å². The van der Waals surface area contributed by atoms with Gasteiger partial charge in [0, 0.05) is 31.1 Å². The van der Waals surface area contributed by atoms with Crippen LogP contribution in [0.3, 0.4) is 0 Å². The zero-order chi connectivity index (χ0) is 18.2. The van der Waals surface area contributed by atoms with Gasteiger partial charge >= 0.3 is 0 Å². The number of aliphatic imine (C=N–C) groups is 1. The quantitative estimate of drug-likeness (QED) is 0.574. The first-order chi connectivity index (χ1) is 12.8. The van der Waals surface area contributed by atoms with Crippen molar-refractivity contribution in [3.05, 3.63) is 84.1 Å². The first-order valence-corrected chi connectivity index (χ1v) is 8.71. The monoisotopic (exact) mass is 345 g/mol. The van der Waals surface area contributed by atoms with Crippen LogP contribution in [0.25, 0.3) is 0 Å². The lowest BCUT2D eigenvalue weighted by Crippen LogP contribution is -2.21. The number of benzene rings is 2. The predicted octanol–water partition coefficient (Wildman–Crippen LogP) is 4.87. The molecule has 0 N–H and O–H groups in total. The highest BCUT2D eigenvalue weighted by molar-refractivity contribution is 5.82. The van der Waals surface area contributed by atoms with Crippen molar-refractivity contribution >= 4 is 17.6 Å². The van der Waals surface area contributed by atoms with Crippen molar-refractivity contribution in [3.8, 4) is 5.88 Å². The summed E-state index contributed by atoms with van der Waals surface area (Å²) in [5.41, 5.74) is 4.38. The smallest absolute Gasteiger partial charge is 0.213 e. The van der Waals surface area contributed by atoms with E-state index in [9.17, 15) is 0 Å². The summed E-state index contributed by atoms with van der Waals surface area (Å²) in [4.78, 5) is 11.0. The third kappa shape index (κ3) is 4.70. The van der Waals surface area contributed by atoms with Crippen molar-refractivity contribution in [1.29, 1.82) is 0 Å². The molecule has 0 unspecified atom stereocenters. The Morgan fingerprint density at radius 1 is 1.00 bits per heavy atom. The molecule has 0 atom stereocenters. The van der Waals surface area contributed by atoms with Gasteiger partial charge in [0.15, 0.2) is 0 Å². The Balaban J connectivity index is 1.67. The molecule has 0 aliphatic carbocycles. The number of rotatable bonds is 7. The Morgan fingerprint density at radius 2 is 1.77 bits per heavy atom. The Bertz CT molecular complexity index is 828. The number of anilines is 1. The minimum Gasteiger partial charge on any atom is -0.481 e. The van der Waals surface area contributed by atoms with E-state index in [-0.39, 0.29) is 0 Å². The van der Waals surface area contributed by atoms with Crippen LogP contribution in [0.4, 0.5) is 11.4 Å². The Kier molecular flexibility index (Phi) is 5.99. The average molecular weight is 345 g/mol. The topological polar surface area (TPSA) is 37.7 Å². The van der Waals surface area contributed by atoms with E-state index in [0.29, 0.717) is 5.88 Å². The lowest BCUT2D eigenvalue weighted by atomic mass is 10.1. The maximum Gasteiger partial charge on any atom is 0.213 e. The molecule has 0 bridgehead atoms. The van der Waals surface area contributed by atoms with E-state index in [1.54, 1.807) is 19.4 Å². The van der Waals surface area contributed by atoms with Crippen LogP contribution in [0.5, 0.6) is 5.88 Å². The van der Waals surface area contributed by atoms with Crippen LogP contribution in [0.1, 0.15) is 18.1 Å². The van der Waals surface area contributed by atoms with Crippen LogP contribution in [0, 0.1) is 0 Å². The van der Waals surface area contributed by atoms with Gasteiger partial charge in [0.1, 0.15) is 0 Å². The molecular formula is C22H23N3O. The fourth-order valence-corrected chi connectivity index (χ4v) is 2.68. The highest BCUT2D eigenvalue weighted by Gasteiger charge is 2.05. The molecule has 1 aromatic heterocycles. The molecule has 0 fully saturated rings. The highest BCUT2D eigenvalue weighted by Crippen LogP contribution is 2.18. The SMILES string of the molecule is CCN(Cc1ccccc1)c1ccc(C=Nc2ccc(OC)nc2)cc1. The predicted molar refractivity (Wildman–Crippen MR) is 108 cm³/mol.